The predicted octanol–water partition coefficient (Wildman–Crippen LogP) is 2.42. The Kier molecular flexibility index (Phi) is 5.73. The number of amides is 1. The molecule has 1 atom stereocenters. The summed E-state index contributed by atoms with van der Waals surface area (Å²) in [5.41, 5.74) is 2.02. The molecule has 0 saturated heterocycles. The molecule has 0 spiro atoms. The monoisotopic (exact) mass is 281 g/mol. The number of aliphatic hydroxyl groups is 1. The lowest BCUT2D eigenvalue weighted by molar-refractivity contribution is -0.116. The van der Waals surface area contributed by atoms with Crippen LogP contribution in [-0.4, -0.2) is 23.7 Å². The third kappa shape index (κ3) is 5.63. The molecule has 0 aliphatic rings. The molecule has 0 saturated carbocycles. The molecule has 1 unspecified atom stereocenters. The van der Waals surface area contributed by atoms with Crippen molar-refractivity contribution >= 4 is 12.0 Å². The Hall–Kier alpha value is -2.39. The van der Waals surface area contributed by atoms with Gasteiger partial charge in [-0.2, -0.15) is 0 Å². The molecule has 0 aliphatic carbocycles. The van der Waals surface area contributed by atoms with Crippen LogP contribution >= 0.6 is 0 Å². The summed E-state index contributed by atoms with van der Waals surface area (Å²) < 4.78 is 0. The normalized spacial score (nSPS) is 12.2. The van der Waals surface area contributed by atoms with Crippen molar-refractivity contribution in [2.24, 2.45) is 0 Å². The average Bonchev–Trinajstić information content (AvgIpc) is 2.53. The average molecular weight is 281 g/mol. The highest BCUT2D eigenvalue weighted by Crippen LogP contribution is 2.03. The second-order valence-corrected chi connectivity index (χ2v) is 4.83. The SMILES string of the molecule is O=C(C=Cc1ccccc1)NCC(O)Cc1ccccc1. The van der Waals surface area contributed by atoms with Crippen molar-refractivity contribution in [1.82, 2.24) is 5.32 Å². The van der Waals surface area contributed by atoms with Crippen molar-refractivity contribution in [2.75, 3.05) is 6.54 Å². The molecule has 21 heavy (non-hydrogen) atoms. The van der Waals surface area contributed by atoms with E-state index in [2.05, 4.69) is 5.32 Å². The van der Waals surface area contributed by atoms with E-state index in [0.29, 0.717) is 6.42 Å². The van der Waals surface area contributed by atoms with Gasteiger partial charge < -0.3 is 10.4 Å². The van der Waals surface area contributed by atoms with E-state index in [1.807, 2.05) is 60.7 Å². The molecular weight excluding hydrogens is 262 g/mol. The van der Waals surface area contributed by atoms with Crippen LogP contribution in [0.25, 0.3) is 6.08 Å². The number of rotatable bonds is 6. The fourth-order valence-electron chi connectivity index (χ4n) is 1.97. The van der Waals surface area contributed by atoms with Crippen molar-refractivity contribution in [3.63, 3.8) is 0 Å². The van der Waals surface area contributed by atoms with Crippen LogP contribution in [0.5, 0.6) is 0 Å². The summed E-state index contributed by atoms with van der Waals surface area (Å²) in [5.74, 6) is -0.203. The summed E-state index contributed by atoms with van der Waals surface area (Å²) in [5, 5.41) is 12.6. The van der Waals surface area contributed by atoms with E-state index in [4.69, 9.17) is 0 Å². The molecule has 3 nitrogen and oxygen atoms in total. The van der Waals surface area contributed by atoms with Crippen LogP contribution in [0.15, 0.2) is 66.7 Å². The van der Waals surface area contributed by atoms with Gasteiger partial charge in [-0.25, -0.2) is 0 Å². The molecule has 0 aromatic heterocycles. The van der Waals surface area contributed by atoms with Crippen LogP contribution < -0.4 is 5.32 Å². The highest BCUT2D eigenvalue weighted by atomic mass is 16.3. The Morgan fingerprint density at radius 2 is 1.67 bits per heavy atom. The lowest BCUT2D eigenvalue weighted by Crippen LogP contribution is -2.32. The van der Waals surface area contributed by atoms with E-state index in [9.17, 15) is 9.90 Å². The van der Waals surface area contributed by atoms with E-state index in [1.165, 1.54) is 6.08 Å². The maximum absolute atomic E-state index is 11.7. The van der Waals surface area contributed by atoms with E-state index in [-0.39, 0.29) is 12.5 Å². The molecule has 108 valence electrons. The smallest absolute Gasteiger partial charge is 0.244 e. The highest BCUT2D eigenvalue weighted by Gasteiger charge is 2.06. The summed E-state index contributed by atoms with van der Waals surface area (Å²) in [6.07, 6.45) is 3.17. The fraction of sp³-hybridized carbons (Fsp3) is 0.167. The zero-order valence-corrected chi connectivity index (χ0v) is 11.8. The minimum atomic E-state index is -0.582. The van der Waals surface area contributed by atoms with E-state index in [0.717, 1.165) is 11.1 Å². The summed E-state index contributed by atoms with van der Waals surface area (Å²) in [6, 6.07) is 19.3. The van der Waals surface area contributed by atoms with Crippen molar-refractivity contribution in [3.05, 3.63) is 77.9 Å². The molecule has 0 aliphatic heterocycles. The van der Waals surface area contributed by atoms with Crippen LogP contribution in [0.1, 0.15) is 11.1 Å². The van der Waals surface area contributed by atoms with Gasteiger partial charge in [-0.1, -0.05) is 60.7 Å². The molecule has 2 aromatic rings. The van der Waals surface area contributed by atoms with E-state index >= 15 is 0 Å². The molecular formula is C18H19NO2. The standard InChI is InChI=1S/C18H19NO2/c20-17(13-16-9-5-2-6-10-16)14-19-18(21)12-11-15-7-3-1-4-8-15/h1-12,17,20H,13-14H2,(H,19,21). The first-order valence-corrected chi connectivity index (χ1v) is 6.97. The summed E-state index contributed by atoms with van der Waals surface area (Å²) in [4.78, 5) is 11.7. The second-order valence-electron chi connectivity index (χ2n) is 4.83. The Morgan fingerprint density at radius 1 is 1.05 bits per heavy atom. The van der Waals surface area contributed by atoms with Gasteiger partial charge in [0.25, 0.3) is 0 Å². The molecule has 3 heteroatoms. The van der Waals surface area contributed by atoms with Gasteiger partial charge in [0.15, 0.2) is 0 Å². The third-order valence-corrected chi connectivity index (χ3v) is 3.05. The van der Waals surface area contributed by atoms with Crippen LogP contribution in [-0.2, 0) is 11.2 Å². The molecule has 0 heterocycles. The van der Waals surface area contributed by atoms with E-state index in [1.54, 1.807) is 6.08 Å². The topological polar surface area (TPSA) is 49.3 Å². The number of carbonyl (C=O) groups is 1. The second kappa shape index (κ2) is 8.02. The van der Waals surface area contributed by atoms with Gasteiger partial charge in [-0.05, 0) is 17.2 Å². The first-order valence-electron chi connectivity index (χ1n) is 6.97. The Morgan fingerprint density at radius 3 is 2.33 bits per heavy atom. The lowest BCUT2D eigenvalue weighted by atomic mass is 10.1. The van der Waals surface area contributed by atoms with Crippen molar-refractivity contribution < 1.29 is 9.90 Å². The number of carbonyl (C=O) groups excluding carboxylic acids is 1. The van der Waals surface area contributed by atoms with Crippen LogP contribution in [0.2, 0.25) is 0 Å². The maximum Gasteiger partial charge on any atom is 0.244 e. The Labute approximate surface area is 124 Å². The number of nitrogens with one attached hydrogen (secondary N) is 1. The zero-order chi connectivity index (χ0) is 14.9. The van der Waals surface area contributed by atoms with Gasteiger partial charge >= 0.3 is 0 Å². The Bertz CT molecular complexity index is 579. The molecule has 0 bridgehead atoms. The molecule has 0 radical (unpaired) electrons. The Balaban J connectivity index is 1.75. The highest BCUT2D eigenvalue weighted by molar-refractivity contribution is 5.91. The first kappa shape index (κ1) is 15.0. The summed E-state index contributed by atoms with van der Waals surface area (Å²) in [7, 11) is 0. The quantitative estimate of drug-likeness (QED) is 0.799. The number of aliphatic hydroxyl groups excluding tert-OH is 1. The predicted molar refractivity (Wildman–Crippen MR) is 84.6 cm³/mol. The van der Waals surface area contributed by atoms with Gasteiger partial charge in [-0.3, -0.25) is 4.79 Å². The molecule has 2 rings (SSSR count). The molecule has 0 fully saturated rings. The number of hydrogen-bond donors (Lipinski definition) is 2. The third-order valence-electron chi connectivity index (χ3n) is 3.05. The number of hydrogen-bond acceptors (Lipinski definition) is 2. The first-order chi connectivity index (χ1) is 10.2. The van der Waals surface area contributed by atoms with Gasteiger partial charge in [0.2, 0.25) is 5.91 Å². The molecule has 1 amide bonds. The minimum absolute atomic E-state index is 0.203. The molecule has 2 N–H and O–H groups in total. The summed E-state index contributed by atoms with van der Waals surface area (Å²) in [6.45, 7) is 0.243. The summed E-state index contributed by atoms with van der Waals surface area (Å²) >= 11 is 0. The maximum atomic E-state index is 11.7. The minimum Gasteiger partial charge on any atom is -0.391 e. The largest absolute Gasteiger partial charge is 0.391 e. The van der Waals surface area contributed by atoms with Crippen LogP contribution in [0.4, 0.5) is 0 Å². The van der Waals surface area contributed by atoms with Gasteiger partial charge in [0, 0.05) is 19.0 Å². The lowest BCUT2D eigenvalue weighted by Gasteiger charge is -2.10. The van der Waals surface area contributed by atoms with Crippen molar-refractivity contribution in [1.29, 1.82) is 0 Å². The van der Waals surface area contributed by atoms with Crippen LogP contribution in [0, 0.1) is 0 Å². The number of benzene rings is 2. The van der Waals surface area contributed by atoms with Gasteiger partial charge in [0.1, 0.15) is 0 Å². The van der Waals surface area contributed by atoms with Crippen molar-refractivity contribution in [2.45, 2.75) is 12.5 Å². The zero-order valence-electron chi connectivity index (χ0n) is 11.8. The molecule has 2 aromatic carbocycles. The fourth-order valence-corrected chi connectivity index (χ4v) is 1.97. The van der Waals surface area contributed by atoms with Crippen LogP contribution in [0.3, 0.4) is 0 Å². The van der Waals surface area contributed by atoms with Gasteiger partial charge in [0.05, 0.1) is 6.10 Å². The van der Waals surface area contributed by atoms with Crippen molar-refractivity contribution in [3.8, 4) is 0 Å². The van der Waals surface area contributed by atoms with E-state index < -0.39 is 6.10 Å². The van der Waals surface area contributed by atoms with Gasteiger partial charge in [-0.15, -0.1) is 0 Å².